The number of thiazole rings is 1. The van der Waals surface area contributed by atoms with Crippen molar-refractivity contribution in [2.75, 3.05) is 13.7 Å². The molecule has 0 saturated carbocycles. The lowest BCUT2D eigenvalue weighted by Gasteiger charge is -2.15. The first-order valence-electron chi connectivity index (χ1n) is 9.67. The molecule has 0 amide bonds. The van der Waals surface area contributed by atoms with Gasteiger partial charge < -0.3 is 19.1 Å². The Labute approximate surface area is 184 Å². The maximum absolute atomic E-state index is 11.7. The van der Waals surface area contributed by atoms with E-state index < -0.39 is 25.1 Å². The number of rotatable bonds is 9. The number of aliphatic hydroxyl groups is 1. The van der Waals surface area contributed by atoms with Crippen LogP contribution in [-0.4, -0.2) is 47.3 Å². The molecule has 1 unspecified atom stereocenters. The Bertz CT molecular complexity index is 1100. The van der Waals surface area contributed by atoms with Crippen LogP contribution in [0, 0.1) is 10.1 Å². The number of nitrogens with zero attached hydrogens (tertiary/aromatic N) is 3. The van der Waals surface area contributed by atoms with Crippen molar-refractivity contribution in [2.45, 2.75) is 38.5 Å². The monoisotopic (exact) mass is 463 g/mol. The summed E-state index contributed by atoms with van der Waals surface area (Å²) >= 11 is 1.14. The van der Waals surface area contributed by atoms with Gasteiger partial charge in [0.2, 0.25) is 0 Å². The Morgan fingerprint density at radius 3 is 2.77 bits per heavy atom. The number of non-ortho nitro benzene ring substituents is 1. The van der Waals surface area contributed by atoms with E-state index in [0.717, 1.165) is 17.4 Å². The SMILES string of the molecule is COC(=O)c1csc(C(O)c2cn(COCC[Si](C)(C)C)c3cc([N+](=O)[O-])ccc23)n1. The number of methoxy groups -OCH3 is 1. The second-order valence-corrected chi connectivity index (χ2v) is 14.8. The Balaban J connectivity index is 1.94. The van der Waals surface area contributed by atoms with Crippen molar-refractivity contribution in [1.29, 1.82) is 0 Å². The first kappa shape index (κ1) is 23.1. The molecule has 3 rings (SSSR count). The van der Waals surface area contributed by atoms with E-state index >= 15 is 0 Å². The van der Waals surface area contributed by atoms with Crippen molar-refractivity contribution < 1.29 is 24.3 Å². The summed E-state index contributed by atoms with van der Waals surface area (Å²) in [6.45, 7) is 7.58. The molecule has 0 aliphatic rings. The Morgan fingerprint density at radius 2 is 2.13 bits per heavy atom. The molecule has 0 fully saturated rings. The molecule has 0 aliphatic heterocycles. The lowest BCUT2D eigenvalue weighted by atomic mass is 10.1. The molecule has 2 aromatic heterocycles. The molecule has 2 heterocycles. The summed E-state index contributed by atoms with van der Waals surface area (Å²) in [4.78, 5) is 26.6. The van der Waals surface area contributed by atoms with Gasteiger partial charge in [0.05, 0.1) is 17.5 Å². The topological polar surface area (TPSA) is 117 Å². The van der Waals surface area contributed by atoms with Crippen molar-refractivity contribution in [2.24, 2.45) is 0 Å². The fourth-order valence-corrected chi connectivity index (χ4v) is 4.58. The van der Waals surface area contributed by atoms with Gasteiger partial charge in [0, 0.05) is 49.3 Å². The highest BCUT2D eigenvalue weighted by Gasteiger charge is 2.23. The zero-order chi connectivity index (χ0) is 22.8. The highest BCUT2D eigenvalue weighted by atomic mass is 32.1. The van der Waals surface area contributed by atoms with Gasteiger partial charge in [0.25, 0.3) is 5.69 Å². The van der Waals surface area contributed by atoms with Crippen LogP contribution in [0.5, 0.6) is 0 Å². The number of carbonyl (C=O) groups excluding carboxylic acids is 1. The van der Waals surface area contributed by atoms with Gasteiger partial charge in [-0.3, -0.25) is 10.1 Å². The van der Waals surface area contributed by atoms with E-state index in [0.29, 0.717) is 28.1 Å². The van der Waals surface area contributed by atoms with Crippen LogP contribution in [0.15, 0.2) is 29.8 Å². The Kier molecular flexibility index (Phi) is 6.89. The summed E-state index contributed by atoms with van der Waals surface area (Å²) < 4.78 is 12.2. The van der Waals surface area contributed by atoms with E-state index in [9.17, 15) is 20.0 Å². The lowest BCUT2D eigenvalue weighted by Crippen LogP contribution is -2.21. The summed E-state index contributed by atoms with van der Waals surface area (Å²) in [5.74, 6) is -0.580. The van der Waals surface area contributed by atoms with E-state index in [1.807, 2.05) is 0 Å². The molecule has 1 aromatic carbocycles. The number of nitro groups is 1. The minimum atomic E-state index is -1.25. The number of hydrogen-bond donors (Lipinski definition) is 1. The van der Waals surface area contributed by atoms with Crippen molar-refractivity contribution in [3.05, 3.63) is 56.2 Å². The van der Waals surface area contributed by atoms with Crippen LogP contribution in [0.2, 0.25) is 25.7 Å². The zero-order valence-electron chi connectivity index (χ0n) is 17.8. The van der Waals surface area contributed by atoms with Gasteiger partial charge in [0.1, 0.15) is 17.8 Å². The van der Waals surface area contributed by atoms with E-state index in [1.54, 1.807) is 16.8 Å². The van der Waals surface area contributed by atoms with Crippen molar-refractivity contribution >= 4 is 42.0 Å². The summed E-state index contributed by atoms with van der Waals surface area (Å²) in [6.07, 6.45) is 0.614. The fraction of sp³-hybridized carbons (Fsp3) is 0.400. The average molecular weight is 464 g/mol. The number of aromatic nitrogens is 2. The summed E-state index contributed by atoms with van der Waals surface area (Å²) in [7, 11) is 0.0162. The highest BCUT2D eigenvalue weighted by molar-refractivity contribution is 7.09. The van der Waals surface area contributed by atoms with E-state index in [4.69, 9.17) is 4.74 Å². The molecule has 0 spiro atoms. The zero-order valence-corrected chi connectivity index (χ0v) is 19.6. The molecule has 1 N–H and O–H groups in total. The molecule has 0 saturated heterocycles. The number of fused-ring (bicyclic) bond motifs is 1. The first-order valence-corrected chi connectivity index (χ1v) is 14.3. The van der Waals surface area contributed by atoms with Crippen LogP contribution < -0.4 is 0 Å². The predicted octanol–water partition coefficient (Wildman–Crippen LogP) is 4.19. The quantitative estimate of drug-likeness (QED) is 0.166. The number of aliphatic hydroxyl groups excluding tert-OH is 1. The van der Waals surface area contributed by atoms with Crippen molar-refractivity contribution in [3.8, 4) is 0 Å². The number of carbonyl (C=O) groups is 1. The second-order valence-electron chi connectivity index (χ2n) is 8.33. The van der Waals surface area contributed by atoms with Gasteiger partial charge in [-0.2, -0.15) is 0 Å². The van der Waals surface area contributed by atoms with Crippen LogP contribution in [0.25, 0.3) is 10.9 Å². The normalized spacial score (nSPS) is 12.8. The van der Waals surface area contributed by atoms with Crippen LogP contribution in [0.4, 0.5) is 5.69 Å². The molecule has 0 bridgehead atoms. The van der Waals surface area contributed by atoms with Gasteiger partial charge >= 0.3 is 5.97 Å². The van der Waals surface area contributed by atoms with Gasteiger partial charge in [-0.05, 0) is 12.1 Å². The lowest BCUT2D eigenvalue weighted by molar-refractivity contribution is -0.384. The van der Waals surface area contributed by atoms with E-state index in [2.05, 4.69) is 29.4 Å². The Morgan fingerprint density at radius 1 is 1.39 bits per heavy atom. The summed E-state index contributed by atoms with van der Waals surface area (Å²) in [6, 6.07) is 5.47. The fourth-order valence-electron chi connectivity index (χ4n) is 3.03. The smallest absolute Gasteiger partial charge is 0.357 e. The van der Waals surface area contributed by atoms with Crippen LogP contribution in [0.1, 0.15) is 27.2 Å². The van der Waals surface area contributed by atoms with Crippen LogP contribution >= 0.6 is 11.3 Å². The molecular weight excluding hydrogens is 438 g/mol. The Hall–Kier alpha value is -2.60. The van der Waals surface area contributed by atoms with Gasteiger partial charge in [-0.1, -0.05) is 19.6 Å². The molecule has 1 atom stereocenters. The maximum atomic E-state index is 11.7. The predicted molar refractivity (Wildman–Crippen MR) is 120 cm³/mol. The number of esters is 1. The largest absolute Gasteiger partial charge is 0.464 e. The van der Waals surface area contributed by atoms with Crippen LogP contribution in [-0.2, 0) is 16.2 Å². The maximum Gasteiger partial charge on any atom is 0.357 e. The molecular formula is C20H25N3O6SSi. The van der Waals surface area contributed by atoms with E-state index in [1.165, 1.54) is 24.6 Å². The van der Waals surface area contributed by atoms with E-state index in [-0.39, 0.29) is 18.1 Å². The number of nitro benzene ring substituents is 1. The van der Waals surface area contributed by atoms with Gasteiger partial charge in [-0.25, -0.2) is 9.78 Å². The summed E-state index contributed by atoms with van der Waals surface area (Å²) in [5.41, 5.74) is 1.19. The minimum absolute atomic E-state index is 0.0442. The van der Waals surface area contributed by atoms with Crippen LogP contribution in [0.3, 0.4) is 0 Å². The first-order chi connectivity index (χ1) is 14.6. The average Bonchev–Trinajstić information content (AvgIpc) is 3.34. The highest BCUT2D eigenvalue weighted by Crippen LogP contribution is 2.34. The number of benzene rings is 1. The molecule has 0 aliphatic carbocycles. The third kappa shape index (κ3) is 5.36. The van der Waals surface area contributed by atoms with Crippen molar-refractivity contribution in [1.82, 2.24) is 9.55 Å². The number of ether oxygens (including phenoxy) is 2. The molecule has 166 valence electrons. The summed E-state index contributed by atoms with van der Waals surface area (Å²) in [5, 5.41) is 24.7. The third-order valence-corrected chi connectivity index (χ3v) is 7.38. The molecule has 9 nitrogen and oxygen atoms in total. The standard InChI is InChI=1S/C20H25N3O6SSi/c1-28-20(25)16-11-30-19(21-16)18(24)15-10-22(12-29-7-8-31(2,3)4)17-9-13(23(26)27)5-6-14(15)17/h5-6,9-11,18,24H,7-8,12H2,1-4H3. The molecule has 0 radical (unpaired) electrons. The van der Waals surface area contributed by atoms with Gasteiger partial charge in [-0.15, -0.1) is 11.3 Å². The van der Waals surface area contributed by atoms with Crippen molar-refractivity contribution in [3.63, 3.8) is 0 Å². The third-order valence-electron chi connectivity index (χ3n) is 4.78. The molecule has 3 aromatic rings. The molecule has 11 heteroatoms. The molecule has 31 heavy (non-hydrogen) atoms. The van der Waals surface area contributed by atoms with Gasteiger partial charge in [0.15, 0.2) is 5.69 Å². The second kappa shape index (κ2) is 9.26. The number of hydrogen-bond acceptors (Lipinski definition) is 8. The minimum Gasteiger partial charge on any atom is -0.464 e.